The molecule has 0 bridgehead atoms. The number of halogens is 1. The van der Waals surface area contributed by atoms with Crippen molar-refractivity contribution in [2.45, 2.75) is 25.2 Å². The summed E-state index contributed by atoms with van der Waals surface area (Å²) in [6.45, 7) is 4.76. The number of hydrogen-bond donors (Lipinski definition) is 3. The van der Waals surface area contributed by atoms with E-state index in [0.717, 1.165) is 28.9 Å². The van der Waals surface area contributed by atoms with Crippen molar-refractivity contribution in [3.05, 3.63) is 29.6 Å². The molecule has 7 nitrogen and oxygen atoms in total. The molecule has 0 aromatic heterocycles. The summed E-state index contributed by atoms with van der Waals surface area (Å²) in [7, 11) is -1.08. The molecule has 1 amide bonds. The average Bonchev–Trinajstić information content (AvgIpc) is 2.52. The number of nitrogens with zero attached hydrogens (tertiary/aromatic N) is 1. The molecule has 0 unspecified atom stereocenters. The second-order valence-corrected chi connectivity index (χ2v) is 8.51. The Morgan fingerprint density at radius 3 is 2.48 bits per heavy atom. The van der Waals surface area contributed by atoms with E-state index in [9.17, 15) is 17.6 Å². The van der Waals surface area contributed by atoms with Gasteiger partial charge in [0.2, 0.25) is 10.0 Å². The van der Waals surface area contributed by atoms with E-state index in [-0.39, 0.29) is 10.0 Å². The first-order valence-corrected chi connectivity index (χ1v) is 9.46. The fraction of sp³-hybridized carbons (Fsp3) is 0.467. The third kappa shape index (κ3) is 6.22. The van der Waals surface area contributed by atoms with E-state index < -0.39 is 27.3 Å². The molecule has 0 aliphatic rings. The highest BCUT2D eigenvalue weighted by Gasteiger charge is 2.21. The van der Waals surface area contributed by atoms with E-state index in [1.807, 2.05) is 0 Å². The highest BCUT2D eigenvalue weighted by molar-refractivity contribution is 7.89. The molecule has 0 atom stereocenters. The molecular formula is C15H23FN4O3S2. The molecule has 3 N–H and O–H groups in total. The highest BCUT2D eigenvalue weighted by Crippen LogP contribution is 2.17. The van der Waals surface area contributed by atoms with Crippen LogP contribution >= 0.6 is 12.2 Å². The zero-order chi connectivity index (χ0) is 19.2. The molecule has 1 aromatic carbocycles. The van der Waals surface area contributed by atoms with Crippen molar-refractivity contribution < 1.29 is 17.6 Å². The quantitative estimate of drug-likeness (QED) is 0.500. The summed E-state index contributed by atoms with van der Waals surface area (Å²) in [5.74, 6) is -1.17. The van der Waals surface area contributed by atoms with Crippen LogP contribution in [0.3, 0.4) is 0 Å². The molecule has 0 spiro atoms. The molecule has 0 heterocycles. The maximum Gasteiger partial charge on any atom is 0.272 e. The minimum atomic E-state index is -3.77. The smallest absolute Gasteiger partial charge is 0.272 e. The molecule has 10 heteroatoms. The third-order valence-corrected chi connectivity index (χ3v) is 5.32. The molecule has 0 aliphatic carbocycles. The van der Waals surface area contributed by atoms with Crippen LogP contribution in [-0.2, 0) is 10.0 Å². The van der Waals surface area contributed by atoms with Gasteiger partial charge in [-0.05, 0) is 42.8 Å². The normalized spacial score (nSPS) is 11.5. The van der Waals surface area contributed by atoms with Gasteiger partial charge in [0.25, 0.3) is 5.91 Å². The molecule has 0 fully saturated rings. The molecule has 0 saturated heterocycles. The number of carbonyl (C=O) groups is 1. The van der Waals surface area contributed by atoms with Crippen LogP contribution in [-0.4, -0.2) is 44.4 Å². The zero-order valence-electron chi connectivity index (χ0n) is 14.6. The average molecular weight is 391 g/mol. The van der Waals surface area contributed by atoms with Crippen molar-refractivity contribution in [1.29, 1.82) is 0 Å². The van der Waals surface area contributed by atoms with Gasteiger partial charge in [-0.3, -0.25) is 15.6 Å². The van der Waals surface area contributed by atoms with Crippen LogP contribution < -0.4 is 16.2 Å². The van der Waals surface area contributed by atoms with Gasteiger partial charge in [0.05, 0.1) is 10.5 Å². The molecule has 0 saturated carbocycles. The Balaban J connectivity index is 2.77. The summed E-state index contributed by atoms with van der Waals surface area (Å²) >= 11 is 4.99. The molecule has 25 heavy (non-hydrogen) atoms. The lowest BCUT2D eigenvalue weighted by molar-refractivity contribution is 0.0939. The van der Waals surface area contributed by atoms with E-state index in [1.54, 1.807) is 0 Å². The lowest BCUT2D eigenvalue weighted by Gasteiger charge is -2.14. The van der Waals surface area contributed by atoms with Crippen LogP contribution in [0.25, 0.3) is 0 Å². The summed E-state index contributed by atoms with van der Waals surface area (Å²) in [5, 5.41) is 3.08. The van der Waals surface area contributed by atoms with Gasteiger partial charge in [-0.15, -0.1) is 0 Å². The van der Waals surface area contributed by atoms with Gasteiger partial charge in [0.15, 0.2) is 5.11 Å². The Morgan fingerprint density at radius 2 is 1.92 bits per heavy atom. The number of benzene rings is 1. The van der Waals surface area contributed by atoms with Gasteiger partial charge in [-0.2, -0.15) is 0 Å². The molecule has 1 aromatic rings. The number of hydrazine groups is 1. The number of hydrogen-bond acceptors (Lipinski definition) is 4. The van der Waals surface area contributed by atoms with Crippen LogP contribution in [0.15, 0.2) is 23.1 Å². The van der Waals surface area contributed by atoms with Crippen LogP contribution in [0.2, 0.25) is 0 Å². The maximum absolute atomic E-state index is 13.9. The fourth-order valence-corrected chi connectivity index (χ4v) is 2.83. The largest absolute Gasteiger partial charge is 0.361 e. The van der Waals surface area contributed by atoms with Crippen LogP contribution in [0.1, 0.15) is 30.6 Å². The predicted octanol–water partition coefficient (Wildman–Crippen LogP) is 1.23. The van der Waals surface area contributed by atoms with Crippen molar-refractivity contribution in [2.75, 3.05) is 20.6 Å². The van der Waals surface area contributed by atoms with E-state index >= 15 is 0 Å². The zero-order valence-corrected chi connectivity index (χ0v) is 16.2. The number of sulfonamides is 1. The number of amides is 1. The molecular weight excluding hydrogens is 367 g/mol. The maximum atomic E-state index is 13.9. The van der Waals surface area contributed by atoms with Gasteiger partial charge in [-0.1, -0.05) is 13.8 Å². The van der Waals surface area contributed by atoms with Crippen molar-refractivity contribution in [2.24, 2.45) is 5.92 Å². The minimum absolute atomic E-state index is 0.179. The van der Waals surface area contributed by atoms with E-state index in [2.05, 4.69) is 30.0 Å². The topological polar surface area (TPSA) is 90.5 Å². The van der Waals surface area contributed by atoms with Crippen molar-refractivity contribution in [3.63, 3.8) is 0 Å². The van der Waals surface area contributed by atoms with Gasteiger partial charge >= 0.3 is 0 Å². The number of thiocarbonyl (C=S) groups is 1. The summed E-state index contributed by atoms with van der Waals surface area (Å²) < 4.78 is 39.0. The van der Waals surface area contributed by atoms with Gasteiger partial charge < -0.3 is 5.32 Å². The lowest BCUT2D eigenvalue weighted by atomic mass is 10.1. The number of carbonyl (C=O) groups excluding carboxylic acids is 1. The Kier molecular flexibility index (Phi) is 7.71. The first kappa shape index (κ1) is 21.3. The Bertz CT molecular complexity index is 736. The molecule has 140 valence electrons. The predicted molar refractivity (Wildman–Crippen MR) is 97.9 cm³/mol. The Hall–Kier alpha value is -1.78. The summed E-state index contributed by atoms with van der Waals surface area (Å²) in [6, 6.07) is 3.02. The van der Waals surface area contributed by atoms with E-state index in [0.29, 0.717) is 12.5 Å². The van der Waals surface area contributed by atoms with Crippen LogP contribution in [0.5, 0.6) is 0 Å². The minimum Gasteiger partial charge on any atom is -0.361 e. The first-order chi connectivity index (χ1) is 11.6. The SMILES string of the molecule is CC(C)CCNC(=S)NNC(=O)c1cc(S(=O)(=O)N(C)C)ccc1F. The fourth-order valence-electron chi connectivity index (χ4n) is 1.75. The van der Waals surface area contributed by atoms with E-state index in [4.69, 9.17) is 12.2 Å². The highest BCUT2D eigenvalue weighted by atomic mass is 32.2. The summed E-state index contributed by atoms with van der Waals surface area (Å²) in [5.41, 5.74) is 4.30. The monoisotopic (exact) mass is 390 g/mol. The standard InChI is InChI=1S/C15H23FN4O3S2/c1-10(2)7-8-17-15(24)19-18-14(21)12-9-11(5-6-13(12)16)25(22,23)20(3)4/h5-6,9-10H,7-8H2,1-4H3,(H,18,21)(H2,17,19,24). The third-order valence-electron chi connectivity index (χ3n) is 3.26. The number of rotatable bonds is 6. The van der Waals surface area contributed by atoms with Crippen molar-refractivity contribution >= 4 is 33.3 Å². The molecule has 1 rings (SSSR count). The second-order valence-electron chi connectivity index (χ2n) is 5.95. The second kappa shape index (κ2) is 9.07. The Morgan fingerprint density at radius 1 is 1.28 bits per heavy atom. The molecule has 0 aliphatic heterocycles. The van der Waals surface area contributed by atoms with Crippen LogP contribution in [0, 0.1) is 11.7 Å². The number of nitrogens with one attached hydrogen (secondary N) is 3. The van der Waals surface area contributed by atoms with Gasteiger partial charge in [0, 0.05) is 20.6 Å². The molecule has 0 radical (unpaired) electrons. The van der Waals surface area contributed by atoms with E-state index in [1.165, 1.54) is 14.1 Å². The summed E-state index contributed by atoms with van der Waals surface area (Å²) in [4.78, 5) is 11.9. The lowest BCUT2D eigenvalue weighted by Crippen LogP contribution is -2.47. The van der Waals surface area contributed by atoms with Crippen LogP contribution in [0.4, 0.5) is 4.39 Å². The summed E-state index contributed by atoms with van der Waals surface area (Å²) in [6.07, 6.45) is 0.898. The first-order valence-electron chi connectivity index (χ1n) is 7.62. The van der Waals surface area contributed by atoms with Gasteiger partial charge in [-0.25, -0.2) is 17.1 Å². The van der Waals surface area contributed by atoms with Gasteiger partial charge in [0.1, 0.15) is 5.82 Å². The Labute approximate surface area is 153 Å². The van der Waals surface area contributed by atoms with Crippen molar-refractivity contribution in [3.8, 4) is 0 Å². The van der Waals surface area contributed by atoms with Crippen molar-refractivity contribution in [1.82, 2.24) is 20.5 Å².